The van der Waals surface area contributed by atoms with E-state index >= 15 is 0 Å². The third-order valence-electron chi connectivity index (χ3n) is 6.34. The fraction of sp³-hybridized carbons (Fsp3) is 0.583. The predicted molar refractivity (Wildman–Crippen MR) is 131 cm³/mol. The fourth-order valence-electron chi connectivity index (χ4n) is 4.36. The molecule has 1 amide bonds. The van der Waals surface area contributed by atoms with Gasteiger partial charge in [-0.15, -0.1) is 0 Å². The van der Waals surface area contributed by atoms with Crippen molar-refractivity contribution in [2.45, 2.75) is 51.3 Å². The number of H-pyrrole nitrogens is 1. The van der Waals surface area contributed by atoms with Crippen molar-refractivity contribution in [1.29, 1.82) is 0 Å². The van der Waals surface area contributed by atoms with E-state index in [1.54, 1.807) is 6.07 Å². The monoisotopic (exact) mass is 476 g/mol. The van der Waals surface area contributed by atoms with Crippen molar-refractivity contribution in [2.24, 2.45) is 5.92 Å². The highest BCUT2D eigenvalue weighted by molar-refractivity contribution is 7.89. The lowest BCUT2D eigenvalue weighted by molar-refractivity contribution is 0.0946. The summed E-state index contributed by atoms with van der Waals surface area (Å²) in [7, 11) is -3.67. The van der Waals surface area contributed by atoms with Gasteiger partial charge in [-0.05, 0) is 50.0 Å². The highest BCUT2D eigenvalue weighted by Crippen LogP contribution is 2.25. The van der Waals surface area contributed by atoms with Crippen LogP contribution < -0.4 is 10.9 Å². The SMILES string of the molecule is CCN(CC)C[C@@H](C)CNC(=O)c1cc(=O)[nH]c2ccc(S(=O)(=O)N3CCCCCC3)cc12. The zero-order valence-corrected chi connectivity index (χ0v) is 20.7. The number of nitrogens with zero attached hydrogens (tertiary/aromatic N) is 2. The van der Waals surface area contributed by atoms with Crippen LogP contribution in [-0.4, -0.2) is 67.8 Å². The lowest BCUT2D eigenvalue weighted by Gasteiger charge is -2.23. The average molecular weight is 477 g/mol. The first-order valence-electron chi connectivity index (χ1n) is 11.9. The lowest BCUT2D eigenvalue weighted by Crippen LogP contribution is -2.36. The van der Waals surface area contributed by atoms with Gasteiger partial charge in [-0.2, -0.15) is 4.31 Å². The second kappa shape index (κ2) is 11.3. The number of fused-ring (bicyclic) bond motifs is 1. The van der Waals surface area contributed by atoms with Crippen LogP contribution >= 0.6 is 0 Å². The Bertz CT molecular complexity index is 1120. The standard InChI is InChI=1S/C24H36N4O4S/c1-4-27(5-2)17-18(3)16-25-24(30)21-15-23(29)26-22-11-10-19(14-20(21)22)33(31,32)28-12-8-6-7-9-13-28/h10-11,14-15,18H,4-9,12-13,16-17H2,1-3H3,(H,25,30)(H,26,29)/t18-/m0/s1. The van der Waals surface area contributed by atoms with E-state index in [1.807, 2.05) is 0 Å². The van der Waals surface area contributed by atoms with Crippen molar-refractivity contribution in [2.75, 3.05) is 39.3 Å². The van der Waals surface area contributed by atoms with Crippen molar-refractivity contribution in [1.82, 2.24) is 19.5 Å². The minimum Gasteiger partial charge on any atom is -0.352 e. The van der Waals surface area contributed by atoms with E-state index in [0.29, 0.717) is 30.5 Å². The first-order chi connectivity index (χ1) is 15.8. The first kappa shape index (κ1) is 25.4. The molecular weight excluding hydrogens is 440 g/mol. The Morgan fingerprint density at radius 2 is 1.79 bits per heavy atom. The molecule has 0 unspecified atom stereocenters. The molecule has 9 heteroatoms. The maximum Gasteiger partial charge on any atom is 0.252 e. The summed E-state index contributed by atoms with van der Waals surface area (Å²) in [6.07, 6.45) is 3.75. The molecule has 0 spiro atoms. The van der Waals surface area contributed by atoms with Crippen LogP contribution in [-0.2, 0) is 10.0 Å². The largest absolute Gasteiger partial charge is 0.352 e. The normalized spacial score (nSPS) is 16.6. The minimum absolute atomic E-state index is 0.146. The van der Waals surface area contributed by atoms with Crippen LogP contribution in [0.25, 0.3) is 10.9 Å². The molecule has 1 aliphatic rings. The number of carbonyl (C=O) groups is 1. The Hall–Kier alpha value is -2.23. The lowest BCUT2D eigenvalue weighted by atomic mass is 10.1. The third kappa shape index (κ3) is 6.22. The van der Waals surface area contributed by atoms with Gasteiger partial charge in [0, 0.05) is 43.1 Å². The smallest absolute Gasteiger partial charge is 0.252 e. The molecule has 2 N–H and O–H groups in total. The molecular formula is C24H36N4O4S. The van der Waals surface area contributed by atoms with E-state index in [9.17, 15) is 18.0 Å². The van der Waals surface area contributed by atoms with Gasteiger partial charge in [0.05, 0.1) is 10.5 Å². The van der Waals surface area contributed by atoms with Gasteiger partial charge in [-0.25, -0.2) is 8.42 Å². The molecule has 1 atom stereocenters. The molecule has 3 rings (SSSR count). The van der Waals surface area contributed by atoms with Crippen LogP contribution in [0.2, 0.25) is 0 Å². The molecule has 1 aromatic carbocycles. The molecule has 1 aliphatic heterocycles. The van der Waals surface area contributed by atoms with Gasteiger partial charge < -0.3 is 15.2 Å². The average Bonchev–Trinajstić information content (AvgIpc) is 3.10. The quantitative estimate of drug-likeness (QED) is 0.579. The Kier molecular flexibility index (Phi) is 8.67. The van der Waals surface area contributed by atoms with Crippen molar-refractivity contribution < 1.29 is 13.2 Å². The molecule has 0 aliphatic carbocycles. The zero-order chi connectivity index (χ0) is 24.0. The summed E-state index contributed by atoms with van der Waals surface area (Å²) in [4.78, 5) is 30.3. The van der Waals surface area contributed by atoms with Crippen LogP contribution in [0.1, 0.15) is 56.8 Å². The van der Waals surface area contributed by atoms with Gasteiger partial charge in [0.25, 0.3) is 5.91 Å². The summed E-state index contributed by atoms with van der Waals surface area (Å²) in [5, 5.41) is 3.35. The number of hydrogen-bond acceptors (Lipinski definition) is 5. The first-order valence-corrected chi connectivity index (χ1v) is 13.4. The van der Waals surface area contributed by atoms with Crippen molar-refractivity contribution >= 4 is 26.8 Å². The van der Waals surface area contributed by atoms with Gasteiger partial charge in [0.1, 0.15) is 0 Å². The Morgan fingerprint density at radius 3 is 2.42 bits per heavy atom. The van der Waals surface area contributed by atoms with Crippen LogP contribution in [0.3, 0.4) is 0 Å². The topological polar surface area (TPSA) is 103 Å². The Labute approximate surface area is 196 Å². The van der Waals surface area contributed by atoms with Crippen LogP contribution in [0.4, 0.5) is 0 Å². The van der Waals surface area contributed by atoms with Gasteiger partial charge >= 0.3 is 0 Å². The van der Waals surface area contributed by atoms with E-state index < -0.39 is 15.6 Å². The minimum atomic E-state index is -3.67. The van der Waals surface area contributed by atoms with E-state index in [0.717, 1.165) is 45.3 Å². The van der Waals surface area contributed by atoms with Crippen molar-refractivity contribution in [3.05, 3.63) is 40.2 Å². The summed E-state index contributed by atoms with van der Waals surface area (Å²) >= 11 is 0. The summed E-state index contributed by atoms with van der Waals surface area (Å²) < 4.78 is 28.0. The van der Waals surface area contributed by atoms with Gasteiger partial charge in [-0.3, -0.25) is 9.59 Å². The second-order valence-electron chi connectivity index (χ2n) is 8.87. The molecule has 2 aromatic rings. The molecule has 8 nitrogen and oxygen atoms in total. The molecule has 1 aromatic heterocycles. The predicted octanol–water partition coefficient (Wildman–Crippen LogP) is 2.80. The maximum atomic E-state index is 13.3. The maximum absolute atomic E-state index is 13.3. The molecule has 0 radical (unpaired) electrons. The molecule has 0 saturated carbocycles. The molecule has 33 heavy (non-hydrogen) atoms. The molecule has 0 bridgehead atoms. The van der Waals surface area contributed by atoms with Crippen LogP contribution in [0, 0.1) is 5.92 Å². The summed E-state index contributed by atoms with van der Waals surface area (Å²) in [5.41, 5.74) is 0.238. The highest BCUT2D eigenvalue weighted by atomic mass is 32.2. The third-order valence-corrected chi connectivity index (χ3v) is 8.23. The number of hydrogen-bond donors (Lipinski definition) is 2. The van der Waals surface area contributed by atoms with Crippen LogP contribution in [0.15, 0.2) is 34.0 Å². The Morgan fingerprint density at radius 1 is 1.12 bits per heavy atom. The highest BCUT2D eigenvalue weighted by Gasteiger charge is 2.26. The van der Waals surface area contributed by atoms with E-state index in [4.69, 9.17) is 0 Å². The number of aromatic amines is 1. The number of nitrogens with one attached hydrogen (secondary N) is 2. The van der Waals surface area contributed by atoms with Crippen LogP contribution in [0.5, 0.6) is 0 Å². The Balaban J connectivity index is 1.87. The number of pyridine rings is 1. The number of rotatable bonds is 9. The van der Waals surface area contributed by atoms with E-state index in [2.05, 4.69) is 36.0 Å². The molecule has 1 saturated heterocycles. The molecule has 1 fully saturated rings. The zero-order valence-electron chi connectivity index (χ0n) is 19.9. The number of amides is 1. The molecule has 182 valence electrons. The summed E-state index contributed by atoms with van der Waals surface area (Å²) in [6, 6.07) is 5.84. The fourth-order valence-corrected chi connectivity index (χ4v) is 5.91. The van der Waals surface area contributed by atoms with Gasteiger partial charge in [0.2, 0.25) is 15.6 Å². The second-order valence-corrected chi connectivity index (χ2v) is 10.8. The number of benzene rings is 1. The van der Waals surface area contributed by atoms with Gasteiger partial charge in [0.15, 0.2) is 0 Å². The number of sulfonamides is 1. The number of aromatic nitrogens is 1. The number of carbonyl (C=O) groups excluding carboxylic acids is 1. The van der Waals surface area contributed by atoms with Crippen molar-refractivity contribution in [3.63, 3.8) is 0 Å². The van der Waals surface area contributed by atoms with Gasteiger partial charge in [-0.1, -0.05) is 33.6 Å². The summed E-state index contributed by atoms with van der Waals surface area (Å²) in [5.74, 6) is -0.136. The summed E-state index contributed by atoms with van der Waals surface area (Å²) in [6.45, 7) is 10.5. The molecule has 2 heterocycles. The van der Waals surface area contributed by atoms with E-state index in [-0.39, 0.29) is 22.3 Å². The van der Waals surface area contributed by atoms with E-state index in [1.165, 1.54) is 22.5 Å². The van der Waals surface area contributed by atoms with Crippen molar-refractivity contribution in [3.8, 4) is 0 Å².